The van der Waals surface area contributed by atoms with E-state index in [0.29, 0.717) is 17.1 Å². The van der Waals surface area contributed by atoms with Gasteiger partial charge in [-0.15, -0.1) is 11.3 Å². The van der Waals surface area contributed by atoms with Gasteiger partial charge in [-0.05, 0) is 45.2 Å². The Balaban J connectivity index is 2.09. The van der Waals surface area contributed by atoms with E-state index in [1.54, 1.807) is 0 Å². The summed E-state index contributed by atoms with van der Waals surface area (Å²) in [5.41, 5.74) is 4.60. The van der Waals surface area contributed by atoms with E-state index in [2.05, 4.69) is 20.8 Å². The lowest BCUT2D eigenvalue weighted by Gasteiger charge is -2.10. The number of H-pyrrole nitrogens is 1. The molecule has 0 saturated heterocycles. The topological polar surface area (TPSA) is 86.9 Å². The number of rotatable bonds is 6. The highest BCUT2D eigenvalue weighted by Crippen LogP contribution is 2.32. The minimum atomic E-state index is -0.153. The van der Waals surface area contributed by atoms with Crippen molar-refractivity contribution in [2.24, 2.45) is 5.92 Å². The van der Waals surface area contributed by atoms with Crippen LogP contribution in [-0.2, 0) is 11.2 Å². The van der Waals surface area contributed by atoms with Gasteiger partial charge >= 0.3 is 0 Å². The second kappa shape index (κ2) is 7.82. The molecule has 3 N–H and O–H groups in total. The summed E-state index contributed by atoms with van der Waals surface area (Å²) in [5.74, 6) is -0.370. The van der Waals surface area contributed by atoms with Crippen molar-refractivity contribution in [1.29, 1.82) is 0 Å². The zero-order valence-corrected chi connectivity index (χ0v) is 16.5. The molecular formula is C18H26N4O2S. The van der Waals surface area contributed by atoms with E-state index in [0.717, 1.165) is 33.8 Å². The number of hydrogen-bond acceptors (Lipinski definition) is 4. The molecule has 0 aliphatic carbocycles. The molecule has 0 bridgehead atoms. The Labute approximate surface area is 152 Å². The molecule has 136 valence electrons. The Morgan fingerprint density at radius 3 is 2.44 bits per heavy atom. The van der Waals surface area contributed by atoms with Gasteiger partial charge in [0.25, 0.3) is 5.91 Å². The van der Waals surface area contributed by atoms with Crippen molar-refractivity contribution >= 4 is 28.2 Å². The van der Waals surface area contributed by atoms with E-state index in [9.17, 15) is 9.59 Å². The first kappa shape index (κ1) is 19.2. The third-order valence-electron chi connectivity index (χ3n) is 4.31. The summed E-state index contributed by atoms with van der Waals surface area (Å²) in [6, 6.07) is 0. The second-order valence-electron chi connectivity index (χ2n) is 6.55. The zero-order chi connectivity index (χ0) is 18.7. The van der Waals surface area contributed by atoms with E-state index >= 15 is 0 Å². The molecule has 0 spiro atoms. The number of amides is 2. The van der Waals surface area contributed by atoms with Crippen molar-refractivity contribution in [3.05, 3.63) is 33.0 Å². The van der Waals surface area contributed by atoms with Crippen LogP contribution in [0.1, 0.15) is 51.6 Å². The first-order valence-electron chi connectivity index (χ1n) is 8.41. The summed E-state index contributed by atoms with van der Waals surface area (Å²) in [5, 5.41) is 13.6. The van der Waals surface area contributed by atoms with Gasteiger partial charge in [-0.1, -0.05) is 13.8 Å². The maximum absolute atomic E-state index is 12.7. The summed E-state index contributed by atoms with van der Waals surface area (Å²) in [7, 11) is 0. The molecule has 0 unspecified atom stereocenters. The van der Waals surface area contributed by atoms with Gasteiger partial charge in [-0.2, -0.15) is 5.10 Å². The first-order chi connectivity index (χ1) is 11.7. The van der Waals surface area contributed by atoms with Gasteiger partial charge in [0, 0.05) is 23.0 Å². The molecule has 0 aliphatic rings. The molecule has 0 aliphatic heterocycles. The summed E-state index contributed by atoms with van der Waals surface area (Å²) >= 11 is 1.44. The third-order valence-corrected chi connectivity index (χ3v) is 5.44. The molecule has 0 fully saturated rings. The number of carbonyl (C=O) groups excluding carboxylic acids is 2. The van der Waals surface area contributed by atoms with Crippen LogP contribution in [0.2, 0.25) is 0 Å². The average molecular weight is 362 g/mol. The number of aromatic amines is 1. The first-order valence-corrected chi connectivity index (χ1v) is 9.23. The molecule has 2 aromatic heterocycles. The van der Waals surface area contributed by atoms with Crippen LogP contribution in [0.25, 0.3) is 0 Å². The predicted octanol–water partition coefficient (Wildman–Crippen LogP) is 3.27. The maximum atomic E-state index is 12.7. The number of aryl methyl sites for hydroxylation is 3. The Kier molecular flexibility index (Phi) is 6.00. The minimum absolute atomic E-state index is 0.0834. The molecule has 2 amide bonds. The molecule has 6 nitrogen and oxygen atoms in total. The number of aromatic nitrogens is 2. The molecule has 0 atom stereocenters. The number of nitrogens with zero attached hydrogens (tertiary/aromatic N) is 1. The zero-order valence-electron chi connectivity index (χ0n) is 15.7. The number of nitrogens with one attached hydrogen (secondary N) is 3. The Bertz CT molecular complexity index is 770. The summed E-state index contributed by atoms with van der Waals surface area (Å²) in [4.78, 5) is 25.7. The molecule has 7 heteroatoms. The lowest BCUT2D eigenvalue weighted by Crippen LogP contribution is -2.28. The van der Waals surface area contributed by atoms with Gasteiger partial charge in [-0.3, -0.25) is 14.7 Å². The largest absolute Gasteiger partial charge is 0.352 e. The normalized spacial score (nSPS) is 11.0. The number of hydrogen-bond donors (Lipinski definition) is 3. The second-order valence-corrected chi connectivity index (χ2v) is 7.77. The van der Waals surface area contributed by atoms with Crippen molar-refractivity contribution in [1.82, 2.24) is 15.5 Å². The Morgan fingerprint density at radius 1 is 1.20 bits per heavy atom. The predicted molar refractivity (Wildman–Crippen MR) is 101 cm³/mol. The Hall–Kier alpha value is -2.15. The van der Waals surface area contributed by atoms with Gasteiger partial charge in [0.05, 0.1) is 11.3 Å². The quantitative estimate of drug-likeness (QED) is 0.737. The highest BCUT2D eigenvalue weighted by molar-refractivity contribution is 7.16. The van der Waals surface area contributed by atoms with Crippen LogP contribution < -0.4 is 10.6 Å². The van der Waals surface area contributed by atoms with Gasteiger partial charge in [0.2, 0.25) is 5.91 Å². The van der Waals surface area contributed by atoms with Crippen LogP contribution in [0, 0.1) is 33.6 Å². The van der Waals surface area contributed by atoms with Crippen LogP contribution in [0.4, 0.5) is 5.00 Å². The van der Waals surface area contributed by atoms with Crippen molar-refractivity contribution < 1.29 is 9.59 Å². The molecule has 2 heterocycles. The lowest BCUT2D eigenvalue weighted by atomic mass is 10.1. The van der Waals surface area contributed by atoms with Crippen LogP contribution in [0.5, 0.6) is 0 Å². The summed E-state index contributed by atoms with van der Waals surface area (Å²) < 4.78 is 0. The van der Waals surface area contributed by atoms with E-state index < -0.39 is 0 Å². The molecule has 0 radical (unpaired) electrons. The van der Waals surface area contributed by atoms with Crippen molar-refractivity contribution in [2.45, 2.75) is 48.0 Å². The SMILES string of the molecule is Cc1n[nH]c(C)c1CCNC(=O)c1c(NC(=O)C(C)C)sc(C)c1C. The van der Waals surface area contributed by atoms with E-state index in [1.807, 2.05) is 41.5 Å². The van der Waals surface area contributed by atoms with E-state index in [4.69, 9.17) is 0 Å². The molecule has 2 aromatic rings. The molecule has 25 heavy (non-hydrogen) atoms. The molecule has 0 saturated carbocycles. The summed E-state index contributed by atoms with van der Waals surface area (Å²) in [6.07, 6.45) is 0.718. The fourth-order valence-electron chi connectivity index (χ4n) is 2.58. The van der Waals surface area contributed by atoms with Crippen molar-refractivity contribution in [2.75, 3.05) is 11.9 Å². The van der Waals surface area contributed by atoms with Crippen LogP contribution >= 0.6 is 11.3 Å². The highest BCUT2D eigenvalue weighted by atomic mass is 32.1. The fourth-order valence-corrected chi connectivity index (χ4v) is 3.64. The average Bonchev–Trinajstić information content (AvgIpc) is 3.00. The lowest BCUT2D eigenvalue weighted by molar-refractivity contribution is -0.118. The molecule has 2 rings (SSSR count). The fraction of sp³-hybridized carbons (Fsp3) is 0.500. The van der Waals surface area contributed by atoms with Crippen molar-refractivity contribution in [3.63, 3.8) is 0 Å². The van der Waals surface area contributed by atoms with Gasteiger partial charge in [0.1, 0.15) is 5.00 Å². The highest BCUT2D eigenvalue weighted by Gasteiger charge is 2.21. The van der Waals surface area contributed by atoms with Crippen molar-refractivity contribution in [3.8, 4) is 0 Å². The number of thiophene rings is 1. The molecule has 0 aromatic carbocycles. The van der Waals surface area contributed by atoms with Gasteiger partial charge in [-0.25, -0.2) is 0 Å². The maximum Gasteiger partial charge on any atom is 0.254 e. The monoisotopic (exact) mass is 362 g/mol. The van der Waals surface area contributed by atoms with Crippen LogP contribution in [-0.4, -0.2) is 28.6 Å². The van der Waals surface area contributed by atoms with Gasteiger partial charge in [0.15, 0.2) is 0 Å². The van der Waals surface area contributed by atoms with Crippen LogP contribution in [0.15, 0.2) is 0 Å². The Morgan fingerprint density at radius 2 is 1.88 bits per heavy atom. The van der Waals surface area contributed by atoms with Crippen LogP contribution in [0.3, 0.4) is 0 Å². The number of anilines is 1. The third kappa shape index (κ3) is 4.28. The summed E-state index contributed by atoms with van der Waals surface area (Å²) in [6.45, 7) is 12.0. The minimum Gasteiger partial charge on any atom is -0.352 e. The standard InChI is InChI=1S/C18H26N4O2S/c1-9(2)16(23)20-18-15(10(3)13(6)25-18)17(24)19-8-7-14-11(4)21-22-12(14)5/h9H,7-8H2,1-6H3,(H,19,24)(H,20,23)(H,21,22). The smallest absolute Gasteiger partial charge is 0.254 e. The number of carbonyl (C=O) groups is 2. The molecular weight excluding hydrogens is 336 g/mol. The van der Waals surface area contributed by atoms with E-state index in [-0.39, 0.29) is 17.7 Å². The van der Waals surface area contributed by atoms with E-state index in [1.165, 1.54) is 11.3 Å². The van der Waals surface area contributed by atoms with Gasteiger partial charge < -0.3 is 10.6 Å².